The summed E-state index contributed by atoms with van der Waals surface area (Å²) in [6.45, 7) is 15.3. The molecule has 0 atom stereocenters. The number of piperidine rings is 2. The number of rotatable bonds is 8. The number of hydrogen-bond acceptors (Lipinski definition) is 10. The van der Waals surface area contributed by atoms with Gasteiger partial charge in [-0.1, -0.05) is 44.0 Å². The molecule has 2 aromatic rings. The molecular formula is C45H57Br2ClF12N6O6. The number of halogens is 15. The second kappa shape index (κ2) is 26.2. The van der Waals surface area contributed by atoms with Crippen molar-refractivity contribution in [2.24, 2.45) is 0 Å². The fraction of sp³-hybridized carbons (Fsp3) is 0.667. The maximum Gasteiger partial charge on any atom is 0.434 e. The molecule has 27 heteroatoms. The number of ether oxygens (including phenoxy) is 3. The minimum Gasteiger partial charge on any atom is -0.444 e. The topological polar surface area (TPSA) is 98.3 Å². The fourth-order valence-corrected chi connectivity index (χ4v) is 8.88. The van der Waals surface area contributed by atoms with E-state index in [1.165, 1.54) is 36.9 Å². The number of carbonyl (C=O) groups is 3. The first-order chi connectivity index (χ1) is 33.3. The van der Waals surface area contributed by atoms with Crippen LogP contribution >= 0.6 is 43.5 Å². The third-order valence-electron chi connectivity index (χ3n) is 11.5. The van der Waals surface area contributed by atoms with Crippen molar-refractivity contribution in [2.45, 2.75) is 115 Å². The number of alkyl halides is 12. The highest BCUT2D eigenvalue weighted by molar-refractivity contribution is 9.10. The molecule has 0 bridgehead atoms. The second-order valence-corrected chi connectivity index (χ2v) is 20.5. The van der Waals surface area contributed by atoms with Gasteiger partial charge in [0, 0.05) is 124 Å². The van der Waals surface area contributed by atoms with Crippen molar-refractivity contribution in [3.8, 4) is 0 Å². The average Bonchev–Trinajstić information content (AvgIpc) is 3.28. The van der Waals surface area contributed by atoms with E-state index in [1.54, 1.807) is 0 Å². The van der Waals surface area contributed by atoms with Crippen LogP contribution in [-0.4, -0.2) is 158 Å². The van der Waals surface area contributed by atoms with Crippen LogP contribution in [0.3, 0.4) is 0 Å². The number of piperazine rings is 2. The van der Waals surface area contributed by atoms with Gasteiger partial charge in [-0.05, 0) is 94.7 Å². The van der Waals surface area contributed by atoms with Gasteiger partial charge in [0.05, 0.1) is 0 Å². The first kappa shape index (κ1) is 60.9. The van der Waals surface area contributed by atoms with Gasteiger partial charge in [-0.15, -0.1) is 0 Å². The lowest BCUT2D eigenvalue weighted by molar-refractivity contribution is -0.308. The van der Waals surface area contributed by atoms with Gasteiger partial charge in [-0.3, -0.25) is 9.80 Å². The summed E-state index contributed by atoms with van der Waals surface area (Å²) in [5.41, 5.74) is 2.33. The first-order valence-corrected chi connectivity index (χ1v) is 24.9. The van der Waals surface area contributed by atoms with E-state index in [1.807, 2.05) is 42.7 Å². The van der Waals surface area contributed by atoms with Crippen LogP contribution in [0.5, 0.6) is 0 Å². The molecule has 12 nitrogen and oxygen atoms in total. The molecule has 0 aliphatic carbocycles. The van der Waals surface area contributed by atoms with E-state index in [9.17, 15) is 67.1 Å². The molecule has 4 aliphatic heterocycles. The van der Waals surface area contributed by atoms with Crippen LogP contribution in [0.25, 0.3) is 0 Å². The molecule has 0 spiro atoms. The molecule has 0 saturated carbocycles. The Kier molecular flexibility index (Phi) is 22.2. The quantitative estimate of drug-likeness (QED) is 0.144. The summed E-state index contributed by atoms with van der Waals surface area (Å²) in [6.07, 6.45) is -25.7. The smallest absolute Gasteiger partial charge is 0.434 e. The average molecular weight is 1200 g/mol. The highest BCUT2D eigenvalue weighted by Gasteiger charge is 2.61. The zero-order chi connectivity index (χ0) is 53.8. The van der Waals surface area contributed by atoms with E-state index in [2.05, 4.69) is 91.9 Å². The largest absolute Gasteiger partial charge is 0.444 e. The summed E-state index contributed by atoms with van der Waals surface area (Å²) in [6, 6.07) is 12.6. The summed E-state index contributed by atoms with van der Waals surface area (Å²) < 4.78 is 159. The number of nitrogens with zero attached hydrogens (tertiary/aromatic N) is 6. The van der Waals surface area contributed by atoms with Crippen LogP contribution in [0.1, 0.15) is 70.4 Å². The van der Waals surface area contributed by atoms with E-state index in [4.69, 9.17) is 4.74 Å². The Morgan fingerprint density at radius 2 is 0.847 bits per heavy atom. The molecular weight excluding hydrogens is 1140 g/mol. The van der Waals surface area contributed by atoms with Crippen molar-refractivity contribution < 1.29 is 81.3 Å². The molecule has 408 valence electrons. The molecule has 0 radical (unpaired) electrons. The molecule has 4 saturated heterocycles. The molecule has 72 heavy (non-hydrogen) atoms. The van der Waals surface area contributed by atoms with E-state index in [0.717, 1.165) is 96.8 Å². The summed E-state index contributed by atoms with van der Waals surface area (Å²) in [4.78, 5) is 45.9. The molecule has 4 fully saturated rings. The Hall–Kier alpha value is -3.62. The minimum absolute atomic E-state index is 0.0170. The van der Waals surface area contributed by atoms with E-state index in [-0.39, 0.29) is 19.2 Å². The van der Waals surface area contributed by atoms with Crippen LogP contribution < -0.4 is 9.80 Å². The number of anilines is 2. The standard InChI is InChI=1S/C21H32BrN3O2.C20H24BrF6N3O2.C4HClF6O2/c1-21(2,3)27-20(26)25-13-11-23(12-14-25)16-17-7-8-18(22)15-19(17)24-9-5-4-6-10-24;21-15-5-4-14(16(12-15)29-6-2-1-3-7-29)13-28-8-10-30(11-9-28)18(31)32-17(19(22,23)24)20(25,26)27;5-2(12)13-1(3(6,7)8)4(9,10)11/h7-8,15H,4-6,9-14,16H2,1-3H3;4-5,12,17H,1-3,6-11,13H2;1H. The number of carbonyl (C=O) groups excluding carboxylic acids is 3. The van der Waals surface area contributed by atoms with Crippen LogP contribution in [0.4, 0.5) is 78.4 Å². The van der Waals surface area contributed by atoms with E-state index >= 15 is 0 Å². The number of benzene rings is 2. The summed E-state index contributed by atoms with van der Waals surface area (Å²) in [5, 5.41) is 0. The third kappa shape index (κ3) is 19.9. The van der Waals surface area contributed by atoms with Gasteiger partial charge in [0.2, 0.25) is 0 Å². The van der Waals surface area contributed by atoms with Gasteiger partial charge in [0.15, 0.2) is 0 Å². The highest BCUT2D eigenvalue weighted by atomic mass is 79.9. The van der Waals surface area contributed by atoms with Crippen molar-refractivity contribution in [3.63, 3.8) is 0 Å². The van der Waals surface area contributed by atoms with Gasteiger partial charge in [-0.2, -0.15) is 52.7 Å². The molecule has 4 heterocycles. The molecule has 4 aliphatic rings. The summed E-state index contributed by atoms with van der Waals surface area (Å²) in [5.74, 6) is 0. The molecule has 0 aromatic heterocycles. The first-order valence-electron chi connectivity index (χ1n) is 22.9. The predicted octanol–water partition coefficient (Wildman–Crippen LogP) is 12.5. The van der Waals surface area contributed by atoms with Crippen molar-refractivity contribution >= 4 is 72.5 Å². The highest BCUT2D eigenvalue weighted by Crippen LogP contribution is 2.38. The monoisotopic (exact) mass is 1200 g/mol. The van der Waals surface area contributed by atoms with E-state index in [0.29, 0.717) is 19.6 Å². The normalized spacial score (nSPS) is 18.0. The number of hydrogen-bond donors (Lipinski definition) is 0. The maximum atomic E-state index is 12.6. The lowest BCUT2D eigenvalue weighted by Gasteiger charge is -2.37. The van der Waals surface area contributed by atoms with E-state index < -0.39 is 54.0 Å². The van der Waals surface area contributed by atoms with Crippen molar-refractivity contribution in [2.75, 3.05) is 88.3 Å². The van der Waals surface area contributed by atoms with Gasteiger partial charge in [-0.25, -0.2) is 14.4 Å². The lowest BCUT2D eigenvalue weighted by atomic mass is 10.1. The summed E-state index contributed by atoms with van der Waals surface area (Å²) >= 11 is 11.4. The molecule has 2 aromatic carbocycles. The Morgan fingerprint density at radius 1 is 0.514 bits per heavy atom. The van der Waals surface area contributed by atoms with Crippen LogP contribution in [0, 0.1) is 0 Å². The Bertz CT molecular complexity index is 2040. The zero-order valence-corrected chi connectivity index (χ0v) is 43.5. The van der Waals surface area contributed by atoms with Crippen molar-refractivity contribution in [3.05, 3.63) is 56.5 Å². The Labute approximate surface area is 431 Å². The van der Waals surface area contributed by atoms with Gasteiger partial charge < -0.3 is 33.8 Å². The Balaban J connectivity index is 0.000000255. The van der Waals surface area contributed by atoms with Crippen LogP contribution in [0.15, 0.2) is 45.3 Å². The molecule has 0 unspecified atom stereocenters. The SMILES string of the molecule is CC(C)(C)OC(=O)N1CCN(Cc2ccc(Br)cc2N2CCCCC2)CC1.O=C(Cl)OC(C(F)(F)F)C(F)(F)F.O=C(OC(C(F)(F)F)C(F)(F)F)N1CCN(Cc2ccc(Br)cc2N2CCCCC2)CC1. The zero-order valence-electron chi connectivity index (χ0n) is 39.6. The fourth-order valence-electron chi connectivity index (χ4n) is 8.09. The predicted molar refractivity (Wildman–Crippen MR) is 251 cm³/mol. The molecule has 6 rings (SSSR count). The van der Waals surface area contributed by atoms with Gasteiger partial charge >= 0.3 is 42.3 Å². The van der Waals surface area contributed by atoms with Gasteiger partial charge in [0.1, 0.15) is 5.60 Å². The van der Waals surface area contributed by atoms with Crippen LogP contribution in [0.2, 0.25) is 0 Å². The maximum absolute atomic E-state index is 12.6. The lowest BCUT2D eigenvalue weighted by Crippen LogP contribution is -2.52. The summed E-state index contributed by atoms with van der Waals surface area (Å²) in [7, 11) is 0. The third-order valence-corrected chi connectivity index (χ3v) is 12.6. The van der Waals surface area contributed by atoms with Crippen LogP contribution in [-0.2, 0) is 27.3 Å². The van der Waals surface area contributed by atoms with Gasteiger partial charge in [0.25, 0.3) is 12.2 Å². The molecule has 2 amide bonds. The number of amides is 2. The second-order valence-electron chi connectivity index (χ2n) is 18.3. The van der Waals surface area contributed by atoms with Crippen molar-refractivity contribution in [1.29, 1.82) is 0 Å². The Morgan fingerprint density at radius 3 is 1.15 bits per heavy atom. The molecule has 0 N–H and O–H groups in total. The van der Waals surface area contributed by atoms with Crippen molar-refractivity contribution in [1.82, 2.24) is 19.6 Å². The minimum atomic E-state index is -5.72.